The molecule has 0 spiro atoms. The van der Waals surface area contributed by atoms with E-state index in [0.717, 1.165) is 30.2 Å². The molecule has 1 atom stereocenters. The molecular weight excluding hydrogens is 429 g/mol. The molecule has 0 radical (unpaired) electrons. The van der Waals surface area contributed by atoms with E-state index in [1.165, 1.54) is 17.7 Å². The molecule has 1 aliphatic heterocycles. The summed E-state index contributed by atoms with van der Waals surface area (Å²) < 4.78 is 15.4. The van der Waals surface area contributed by atoms with Crippen LogP contribution in [0.3, 0.4) is 0 Å². The molecule has 0 fully saturated rings. The molecule has 1 N–H and O–H groups in total. The number of benzene rings is 3. The van der Waals surface area contributed by atoms with Gasteiger partial charge in [0, 0.05) is 36.1 Å². The summed E-state index contributed by atoms with van der Waals surface area (Å²) >= 11 is 0. The molecule has 0 saturated heterocycles. The van der Waals surface area contributed by atoms with Gasteiger partial charge in [0.2, 0.25) is 0 Å². The maximum absolute atomic E-state index is 13.5. The van der Waals surface area contributed by atoms with E-state index in [1.807, 2.05) is 41.1 Å². The Morgan fingerprint density at radius 2 is 1.91 bits per heavy atom. The lowest BCUT2D eigenvalue weighted by Crippen LogP contribution is -2.22. The molecule has 0 saturated carbocycles. The third kappa shape index (κ3) is 4.41. The van der Waals surface area contributed by atoms with Crippen LogP contribution in [0.5, 0.6) is 0 Å². The van der Waals surface area contributed by atoms with E-state index < -0.39 is 5.82 Å². The van der Waals surface area contributed by atoms with E-state index >= 15 is 0 Å². The molecule has 5 rings (SSSR count). The van der Waals surface area contributed by atoms with Gasteiger partial charge in [0.1, 0.15) is 12.1 Å². The van der Waals surface area contributed by atoms with E-state index in [2.05, 4.69) is 41.2 Å². The number of carbonyl (C=O) groups is 1. The Bertz CT molecular complexity index is 1320. The smallest absolute Gasteiger partial charge is 0.255 e. The van der Waals surface area contributed by atoms with Crippen LogP contribution in [0.25, 0.3) is 0 Å². The number of amides is 1. The van der Waals surface area contributed by atoms with Crippen molar-refractivity contribution in [1.82, 2.24) is 14.8 Å². The average molecular weight is 456 g/mol. The first-order chi connectivity index (χ1) is 16.5. The van der Waals surface area contributed by atoms with Gasteiger partial charge in [-0.2, -0.15) is 5.10 Å². The summed E-state index contributed by atoms with van der Waals surface area (Å²) in [5, 5.41) is 7.51. The second-order valence-corrected chi connectivity index (χ2v) is 8.83. The van der Waals surface area contributed by atoms with Gasteiger partial charge >= 0.3 is 0 Å². The van der Waals surface area contributed by atoms with Crippen molar-refractivity contribution in [3.63, 3.8) is 0 Å². The lowest BCUT2D eigenvalue weighted by atomic mass is 9.98. The number of hydrogen-bond acceptors (Lipinski definition) is 4. The second kappa shape index (κ2) is 9.09. The quantitative estimate of drug-likeness (QED) is 0.423. The molecule has 172 valence electrons. The summed E-state index contributed by atoms with van der Waals surface area (Å²) in [5.74, 6) is 0.0124. The van der Waals surface area contributed by atoms with E-state index in [0.29, 0.717) is 11.3 Å². The van der Waals surface area contributed by atoms with E-state index in [4.69, 9.17) is 5.10 Å². The van der Waals surface area contributed by atoms with Crippen molar-refractivity contribution in [2.45, 2.75) is 32.4 Å². The Kier molecular flexibility index (Phi) is 5.84. The van der Waals surface area contributed by atoms with Gasteiger partial charge in [-0.3, -0.25) is 9.48 Å². The van der Waals surface area contributed by atoms with Gasteiger partial charge in [0.25, 0.3) is 5.91 Å². The minimum atomic E-state index is -0.393. The largest absolute Gasteiger partial charge is 0.366 e. The van der Waals surface area contributed by atoms with Gasteiger partial charge in [-0.15, -0.1) is 0 Å². The highest BCUT2D eigenvalue weighted by atomic mass is 19.1. The number of fused-ring (bicyclic) bond motifs is 1. The summed E-state index contributed by atoms with van der Waals surface area (Å²) in [6.07, 6.45) is 1.76. The highest BCUT2D eigenvalue weighted by Gasteiger charge is 2.33. The standard InChI is InChI=1S/C27H26FN5O/c1-18(2)33-17-29-26(31-33)24-16-32(15-19-7-4-3-5-8-19)25-12-11-20(13-23(24)25)27(34)30-22-10-6-9-21(28)14-22/h3-14,17-18,24H,15-16H2,1-2H3,(H,30,34)/t24-/m1/s1. The zero-order valence-electron chi connectivity index (χ0n) is 19.1. The first-order valence-electron chi connectivity index (χ1n) is 11.4. The number of anilines is 2. The fourth-order valence-corrected chi connectivity index (χ4v) is 4.32. The Balaban J connectivity index is 1.48. The van der Waals surface area contributed by atoms with Crippen LogP contribution >= 0.6 is 0 Å². The molecule has 3 aromatic carbocycles. The second-order valence-electron chi connectivity index (χ2n) is 8.83. The maximum atomic E-state index is 13.5. The molecule has 2 heterocycles. The van der Waals surface area contributed by atoms with Gasteiger partial charge in [-0.25, -0.2) is 9.37 Å². The van der Waals surface area contributed by atoms with Gasteiger partial charge in [0.15, 0.2) is 5.82 Å². The third-order valence-corrected chi connectivity index (χ3v) is 6.07. The van der Waals surface area contributed by atoms with Crippen LogP contribution in [0.15, 0.2) is 79.1 Å². The SMILES string of the molecule is CC(C)n1cnc([C@@H]2CN(Cc3ccccc3)c3ccc(C(=O)Nc4cccc(F)c4)cc32)n1. The van der Waals surface area contributed by atoms with Gasteiger partial charge < -0.3 is 10.2 Å². The highest BCUT2D eigenvalue weighted by Crippen LogP contribution is 2.40. The lowest BCUT2D eigenvalue weighted by Gasteiger charge is -2.20. The molecule has 1 aromatic heterocycles. The molecule has 34 heavy (non-hydrogen) atoms. The zero-order valence-corrected chi connectivity index (χ0v) is 19.1. The van der Waals surface area contributed by atoms with Crippen molar-refractivity contribution in [3.05, 3.63) is 107 Å². The molecule has 0 unspecified atom stereocenters. The number of nitrogens with one attached hydrogen (secondary N) is 1. The number of rotatable bonds is 6. The predicted molar refractivity (Wildman–Crippen MR) is 131 cm³/mol. The molecule has 6 nitrogen and oxygen atoms in total. The van der Waals surface area contributed by atoms with Gasteiger partial charge in [-0.05, 0) is 61.4 Å². The summed E-state index contributed by atoms with van der Waals surface area (Å²) in [6, 6.07) is 22.1. The van der Waals surface area contributed by atoms with E-state index in [1.54, 1.807) is 18.5 Å². The molecule has 7 heteroatoms. The summed E-state index contributed by atoms with van der Waals surface area (Å²) in [7, 11) is 0. The summed E-state index contributed by atoms with van der Waals surface area (Å²) in [6.45, 7) is 5.61. The molecule has 0 aliphatic carbocycles. The molecular formula is C27H26FN5O. The first kappa shape index (κ1) is 21.8. The van der Waals surface area contributed by atoms with Crippen LogP contribution in [0.2, 0.25) is 0 Å². The molecule has 1 amide bonds. The third-order valence-electron chi connectivity index (χ3n) is 6.07. The molecule has 0 bridgehead atoms. The monoisotopic (exact) mass is 455 g/mol. The van der Waals surface area contributed by atoms with Crippen LogP contribution in [-0.2, 0) is 6.54 Å². The van der Waals surface area contributed by atoms with Crippen molar-refractivity contribution in [2.24, 2.45) is 0 Å². The maximum Gasteiger partial charge on any atom is 0.255 e. The normalized spacial score (nSPS) is 14.9. The Hall–Kier alpha value is -4.00. The number of halogens is 1. The van der Waals surface area contributed by atoms with Crippen LogP contribution in [0.1, 0.15) is 53.1 Å². The van der Waals surface area contributed by atoms with Crippen LogP contribution < -0.4 is 10.2 Å². The van der Waals surface area contributed by atoms with Crippen LogP contribution in [0.4, 0.5) is 15.8 Å². The fourth-order valence-electron chi connectivity index (χ4n) is 4.32. The van der Waals surface area contributed by atoms with Crippen molar-refractivity contribution in [3.8, 4) is 0 Å². The lowest BCUT2D eigenvalue weighted by molar-refractivity contribution is 0.102. The van der Waals surface area contributed by atoms with Gasteiger partial charge in [-0.1, -0.05) is 36.4 Å². The topological polar surface area (TPSA) is 63.1 Å². The van der Waals surface area contributed by atoms with Crippen LogP contribution in [-0.4, -0.2) is 27.2 Å². The van der Waals surface area contributed by atoms with Crippen molar-refractivity contribution in [2.75, 3.05) is 16.8 Å². The van der Waals surface area contributed by atoms with Crippen LogP contribution in [0, 0.1) is 5.82 Å². The predicted octanol–water partition coefficient (Wildman–Crippen LogP) is 5.40. The molecule has 1 aliphatic rings. The minimum absolute atomic E-state index is 0.0550. The van der Waals surface area contributed by atoms with Crippen molar-refractivity contribution < 1.29 is 9.18 Å². The van der Waals surface area contributed by atoms with E-state index in [9.17, 15) is 9.18 Å². The number of nitrogens with zero attached hydrogens (tertiary/aromatic N) is 4. The summed E-state index contributed by atoms with van der Waals surface area (Å²) in [4.78, 5) is 19.9. The van der Waals surface area contributed by atoms with E-state index in [-0.39, 0.29) is 17.9 Å². The fraction of sp³-hybridized carbons (Fsp3) is 0.222. The summed E-state index contributed by atoms with van der Waals surface area (Å²) in [5.41, 5.74) is 4.23. The number of carbonyl (C=O) groups excluding carboxylic acids is 1. The van der Waals surface area contributed by atoms with Crippen molar-refractivity contribution >= 4 is 17.3 Å². The van der Waals surface area contributed by atoms with Crippen molar-refractivity contribution in [1.29, 1.82) is 0 Å². The number of hydrogen-bond donors (Lipinski definition) is 1. The number of aromatic nitrogens is 3. The molecule has 4 aromatic rings. The Morgan fingerprint density at radius 1 is 1.09 bits per heavy atom. The highest BCUT2D eigenvalue weighted by molar-refractivity contribution is 6.04. The minimum Gasteiger partial charge on any atom is -0.366 e. The Labute approximate surface area is 198 Å². The average Bonchev–Trinajstić information content (AvgIpc) is 3.45. The van der Waals surface area contributed by atoms with Gasteiger partial charge in [0.05, 0.1) is 5.92 Å². The first-order valence-corrected chi connectivity index (χ1v) is 11.4. The zero-order chi connectivity index (χ0) is 23.7. The Morgan fingerprint density at radius 3 is 2.65 bits per heavy atom.